The largest absolute Gasteiger partial charge is 0.447 e. The van der Waals surface area contributed by atoms with Crippen LogP contribution in [-0.4, -0.2) is 12.7 Å². The lowest BCUT2D eigenvalue weighted by Gasteiger charge is -2.08. The summed E-state index contributed by atoms with van der Waals surface area (Å²) in [4.78, 5) is 10.7. The minimum absolute atomic E-state index is 0. The van der Waals surface area contributed by atoms with Crippen molar-refractivity contribution >= 4 is 34.4 Å². The lowest BCUT2D eigenvalue weighted by Crippen LogP contribution is -2.19. The monoisotopic (exact) mass is 295 g/mol. The Hall–Kier alpha value is -0.810. The first kappa shape index (κ1) is 12.3. The van der Waals surface area contributed by atoms with E-state index in [-0.39, 0.29) is 30.9 Å². The lowest BCUT2D eigenvalue weighted by molar-refractivity contribution is 0.177. The molecule has 1 atom stereocenters. The number of carbonyl (C=O) groups excluding carboxylic acids is 1. The fourth-order valence-corrected chi connectivity index (χ4v) is 1.67. The highest BCUT2D eigenvalue weighted by molar-refractivity contribution is 9.10. The minimum atomic E-state index is -0.502. The third-order valence-corrected chi connectivity index (χ3v) is 2.50. The molecule has 1 saturated heterocycles. The number of nitrogens with one attached hydrogen (secondary N) is 1. The molecular weight excluding hydrogens is 288 g/mol. The number of hydrogen-bond donors (Lipinski definition) is 1. The molecule has 0 spiro atoms. The molecule has 82 valence electrons. The Balaban J connectivity index is 0.00000112. The smallest absolute Gasteiger partial charge is 0.407 e. The summed E-state index contributed by atoms with van der Waals surface area (Å²) < 4.78 is 18.7. The summed E-state index contributed by atoms with van der Waals surface area (Å²) >= 11 is 3.16. The van der Waals surface area contributed by atoms with E-state index in [1.165, 1.54) is 6.07 Å². The summed E-state index contributed by atoms with van der Waals surface area (Å²) in [5.41, 5.74) is 0.444. The average molecular weight is 297 g/mol. The SMILES string of the molecule is Cl.O=C1N[C@@H](c2ccc(Br)cc2F)CO1. The zero-order valence-corrected chi connectivity index (χ0v) is 9.90. The molecule has 1 aromatic carbocycles. The van der Waals surface area contributed by atoms with E-state index >= 15 is 0 Å². The van der Waals surface area contributed by atoms with Crippen LogP contribution in [0.25, 0.3) is 0 Å². The van der Waals surface area contributed by atoms with Crippen molar-refractivity contribution in [1.82, 2.24) is 5.32 Å². The van der Waals surface area contributed by atoms with Gasteiger partial charge in [-0.25, -0.2) is 9.18 Å². The quantitative estimate of drug-likeness (QED) is 0.865. The van der Waals surface area contributed by atoms with Crippen molar-refractivity contribution in [2.24, 2.45) is 0 Å². The Morgan fingerprint density at radius 2 is 2.27 bits per heavy atom. The molecule has 0 aromatic heterocycles. The third-order valence-electron chi connectivity index (χ3n) is 2.01. The lowest BCUT2D eigenvalue weighted by atomic mass is 10.1. The molecule has 1 aromatic rings. The normalized spacial score (nSPS) is 19.1. The summed E-state index contributed by atoms with van der Waals surface area (Å²) in [5, 5.41) is 2.51. The molecule has 0 aliphatic carbocycles. The van der Waals surface area contributed by atoms with E-state index in [1.54, 1.807) is 12.1 Å². The van der Waals surface area contributed by atoms with Gasteiger partial charge in [-0.2, -0.15) is 0 Å². The maximum atomic E-state index is 13.4. The number of amides is 1. The molecule has 1 aliphatic rings. The van der Waals surface area contributed by atoms with Crippen LogP contribution < -0.4 is 5.32 Å². The maximum Gasteiger partial charge on any atom is 0.407 e. The van der Waals surface area contributed by atoms with Gasteiger partial charge in [-0.1, -0.05) is 22.0 Å². The molecule has 0 saturated carbocycles. The first-order valence-electron chi connectivity index (χ1n) is 4.05. The topological polar surface area (TPSA) is 38.3 Å². The van der Waals surface area contributed by atoms with Crippen LogP contribution >= 0.6 is 28.3 Å². The van der Waals surface area contributed by atoms with Gasteiger partial charge in [-0.3, -0.25) is 0 Å². The summed E-state index contributed by atoms with van der Waals surface area (Å²) in [6, 6.07) is 4.33. The standard InChI is InChI=1S/C9H7BrFNO2.ClH/c10-5-1-2-6(7(11)3-5)8-4-14-9(13)12-8;/h1-3,8H,4H2,(H,12,13);1H/t8-;/m1./s1. The first-order chi connectivity index (χ1) is 6.66. The second-order valence-corrected chi connectivity index (χ2v) is 3.88. The van der Waals surface area contributed by atoms with Gasteiger partial charge < -0.3 is 10.1 Å². The molecule has 15 heavy (non-hydrogen) atoms. The Morgan fingerprint density at radius 1 is 1.53 bits per heavy atom. The number of alkyl carbamates (subject to hydrolysis) is 1. The summed E-state index contributed by atoms with van der Waals surface area (Å²) in [7, 11) is 0. The Kier molecular flexibility index (Phi) is 3.93. The van der Waals surface area contributed by atoms with Crippen molar-refractivity contribution in [2.75, 3.05) is 6.61 Å². The van der Waals surface area contributed by atoms with Crippen LogP contribution in [-0.2, 0) is 4.74 Å². The maximum absolute atomic E-state index is 13.4. The molecule has 1 heterocycles. The van der Waals surface area contributed by atoms with Crippen LogP contribution in [0.5, 0.6) is 0 Å². The Bertz CT molecular complexity index is 388. The van der Waals surface area contributed by atoms with Crippen LogP contribution in [0.3, 0.4) is 0 Å². The van der Waals surface area contributed by atoms with Crippen molar-refractivity contribution in [3.63, 3.8) is 0 Å². The van der Waals surface area contributed by atoms with E-state index in [0.29, 0.717) is 10.0 Å². The van der Waals surface area contributed by atoms with Gasteiger partial charge in [0.25, 0.3) is 0 Å². The average Bonchev–Trinajstić information content (AvgIpc) is 2.51. The highest BCUT2D eigenvalue weighted by atomic mass is 79.9. The zero-order valence-electron chi connectivity index (χ0n) is 7.50. The summed E-state index contributed by atoms with van der Waals surface area (Å²) in [6.45, 7) is 0.178. The minimum Gasteiger partial charge on any atom is -0.447 e. The van der Waals surface area contributed by atoms with Gasteiger partial charge in [0.05, 0.1) is 6.04 Å². The van der Waals surface area contributed by atoms with Crippen molar-refractivity contribution in [1.29, 1.82) is 0 Å². The van der Waals surface area contributed by atoms with Crippen LogP contribution in [0.1, 0.15) is 11.6 Å². The Labute approximate surface area is 101 Å². The van der Waals surface area contributed by atoms with E-state index < -0.39 is 6.09 Å². The molecule has 1 N–H and O–H groups in total. The molecule has 3 nitrogen and oxygen atoms in total. The van der Waals surface area contributed by atoms with Gasteiger partial charge in [-0.05, 0) is 12.1 Å². The molecule has 0 radical (unpaired) electrons. The van der Waals surface area contributed by atoms with Gasteiger partial charge in [0.15, 0.2) is 0 Å². The molecule has 1 aliphatic heterocycles. The van der Waals surface area contributed by atoms with Gasteiger partial charge in [0.1, 0.15) is 12.4 Å². The molecule has 2 rings (SSSR count). The molecule has 1 amide bonds. The number of halogens is 3. The Morgan fingerprint density at radius 3 is 2.80 bits per heavy atom. The van der Waals surface area contributed by atoms with Crippen molar-refractivity contribution in [2.45, 2.75) is 6.04 Å². The van der Waals surface area contributed by atoms with Crippen LogP contribution in [0, 0.1) is 5.82 Å². The molecular formula is C9H8BrClFNO2. The second kappa shape index (κ2) is 4.81. The number of ether oxygens (including phenoxy) is 1. The van der Waals surface area contributed by atoms with Crippen molar-refractivity contribution in [3.05, 3.63) is 34.1 Å². The van der Waals surface area contributed by atoms with E-state index in [9.17, 15) is 9.18 Å². The molecule has 0 bridgehead atoms. The number of carbonyl (C=O) groups is 1. The summed E-state index contributed by atoms with van der Waals surface area (Å²) in [6.07, 6.45) is -0.502. The molecule has 6 heteroatoms. The highest BCUT2D eigenvalue weighted by Gasteiger charge is 2.25. The van der Waals surface area contributed by atoms with Gasteiger partial charge >= 0.3 is 6.09 Å². The first-order valence-corrected chi connectivity index (χ1v) is 4.84. The predicted molar refractivity (Wildman–Crippen MR) is 58.6 cm³/mol. The van der Waals surface area contributed by atoms with Gasteiger partial charge in [0, 0.05) is 10.0 Å². The van der Waals surface area contributed by atoms with Crippen LogP contribution in [0.15, 0.2) is 22.7 Å². The number of cyclic esters (lactones) is 1. The van der Waals surface area contributed by atoms with Crippen LogP contribution in [0.2, 0.25) is 0 Å². The van der Waals surface area contributed by atoms with Gasteiger partial charge in [-0.15, -0.1) is 12.4 Å². The number of hydrogen-bond acceptors (Lipinski definition) is 2. The van der Waals surface area contributed by atoms with E-state index in [0.717, 1.165) is 0 Å². The molecule has 1 fully saturated rings. The second-order valence-electron chi connectivity index (χ2n) is 2.96. The number of benzene rings is 1. The molecule has 0 unspecified atom stereocenters. The fraction of sp³-hybridized carbons (Fsp3) is 0.222. The highest BCUT2D eigenvalue weighted by Crippen LogP contribution is 2.23. The summed E-state index contributed by atoms with van der Waals surface area (Å²) in [5.74, 6) is -0.352. The zero-order chi connectivity index (χ0) is 10.1. The fourth-order valence-electron chi connectivity index (χ4n) is 1.34. The van der Waals surface area contributed by atoms with E-state index in [4.69, 9.17) is 0 Å². The third kappa shape index (κ3) is 2.60. The van der Waals surface area contributed by atoms with Crippen LogP contribution in [0.4, 0.5) is 9.18 Å². The van der Waals surface area contributed by atoms with E-state index in [1.807, 2.05) is 0 Å². The van der Waals surface area contributed by atoms with Crippen molar-refractivity contribution in [3.8, 4) is 0 Å². The van der Waals surface area contributed by atoms with Gasteiger partial charge in [0.2, 0.25) is 0 Å². The van der Waals surface area contributed by atoms with Crippen molar-refractivity contribution < 1.29 is 13.9 Å². The predicted octanol–water partition coefficient (Wildman–Crippen LogP) is 2.79. The number of rotatable bonds is 1. The van der Waals surface area contributed by atoms with E-state index in [2.05, 4.69) is 26.0 Å².